The van der Waals surface area contributed by atoms with Gasteiger partial charge in [-0.3, -0.25) is 0 Å². The molecule has 0 fully saturated rings. The zero-order valence-electron chi connectivity index (χ0n) is 7.27. The molecular weight excluding hydrogens is 120 g/mol. The summed E-state index contributed by atoms with van der Waals surface area (Å²) in [4.78, 5) is 0. The Labute approximate surface area is 65.3 Å². The van der Waals surface area contributed by atoms with Gasteiger partial charge in [-0.1, -0.05) is 39.3 Å². The first-order valence-corrected chi connectivity index (χ1v) is 4.25. The molecule has 0 aliphatic carbocycles. The van der Waals surface area contributed by atoms with E-state index in [1.807, 2.05) is 0 Å². The van der Waals surface area contributed by atoms with Gasteiger partial charge in [0.1, 0.15) is 0 Å². The summed E-state index contributed by atoms with van der Waals surface area (Å²) < 4.78 is 0. The minimum Gasteiger partial charge on any atom is -0.0888 e. The summed E-state index contributed by atoms with van der Waals surface area (Å²) in [7, 11) is 0. The molecule has 1 atom stereocenters. The molecule has 0 bridgehead atoms. The van der Waals surface area contributed by atoms with Crippen LogP contribution in [0.15, 0.2) is 12.2 Å². The molecule has 0 aliphatic heterocycles. The quantitative estimate of drug-likeness (QED) is 0.403. The second kappa shape index (κ2) is 6.85. The lowest BCUT2D eigenvalue weighted by atomic mass is 10.1. The Morgan fingerprint density at radius 2 is 2.10 bits per heavy atom. The van der Waals surface area contributed by atoms with E-state index in [2.05, 4.69) is 32.9 Å². The van der Waals surface area contributed by atoms with Crippen LogP contribution in [0.3, 0.4) is 0 Å². The van der Waals surface area contributed by atoms with Gasteiger partial charge in [-0.25, -0.2) is 0 Å². The van der Waals surface area contributed by atoms with E-state index < -0.39 is 0 Å². The van der Waals surface area contributed by atoms with Gasteiger partial charge in [0.2, 0.25) is 0 Å². The Hall–Kier alpha value is -0.260. The monoisotopic (exact) mass is 139 g/mol. The minimum atomic E-state index is 0.620. The molecule has 0 aromatic rings. The summed E-state index contributed by atoms with van der Waals surface area (Å²) in [6.45, 7) is 8.27. The molecule has 0 N–H and O–H groups in total. The molecule has 0 saturated carbocycles. The molecule has 0 heteroatoms. The number of rotatable bonds is 5. The van der Waals surface area contributed by atoms with Crippen molar-refractivity contribution in [3.05, 3.63) is 19.1 Å². The molecule has 0 aliphatic rings. The first-order chi connectivity index (χ1) is 4.77. The highest BCUT2D eigenvalue weighted by molar-refractivity contribution is 4.79. The summed E-state index contributed by atoms with van der Waals surface area (Å²) in [6, 6.07) is 0. The van der Waals surface area contributed by atoms with Crippen molar-refractivity contribution in [3.63, 3.8) is 0 Å². The maximum absolute atomic E-state index is 3.93. The van der Waals surface area contributed by atoms with Gasteiger partial charge < -0.3 is 0 Å². The molecule has 0 rings (SSSR count). The molecule has 0 heterocycles. The third kappa shape index (κ3) is 7.74. The van der Waals surface area contributed by atoms with Gasteiger partial charge in [0.05, 0.1) is 0 Å². The number of hydrogen-bond donors (Lipinski definition) is 0. The minimum absolute atomic E-state index is 0.620. The summed E-state index contributed by atoms with van der Waals surface area (Å²) in [6.07, 6.45) is 9.44. The molecule has 0 amide bonds. The zero-order chi connectivity index (χ0) is 7.82. The Bertz CT molecular complexity index is 80.0. The molecule has 0 saturated heterocycles. The molecular formula is C10H19. The summed E-state index contributed by atoms with van der Waals surface area (Å²) in [5.74, 6) is 0.620. The fraction of sp³-hybridized carbons (Fsp3) is 0.700. The summed E-state index contributed by atoms with van der Waals surface area (Å²) >= 11 is 0. The first-order valence-electron chi connectivity index (χ1n) is 4.25. The fourth-order valence-electron chi connectivity index (χ4n) is 0.869. The summed E-state index contributed by atoms with van der Waals surface area (Å²) in [5.41, 5.74) is 0. The van der Waals surface area contributed by atoms with Crippen LogP contribution >= 0.6 is 0 Å². The van der Waals surface area contributed by atoms with Crippen molar-refractivity contribution in [1.82, 2.24) is 0 Å². The first kappa shape index (κ1) is 9.74. The topological polar surface area (TPSA) is 0 Å². The van der Waals surface area contributed by atoms with Crippen molar-refractivity contribution in [3.8, 4) is 0 Å². The van der Waals surface area contributed by atoms with Crippen LogP contribution in [-0.4, -0.2) is 0 Å². The van der Waals surface area contributed by atoms with Gasteiger partial charge in [0, 0.05) is 0 Å². The van der Waals surface area contributed by atoms with E-state index in [0.29, 0.717) is 5.92 Å². The Morgan fingerprint density at radius 3 is 2.60 bits per heavy atom. The van der Waals surface area contributed by atoms with E-state index in [-0.39, 0.29) is 0 Å². The van der Waals surface area contributed by atoms with Crippen molar-refractivity contribution in [2.24, 2.45) is 5.92 Å². The molecule has 1 unspecified atom stereocenters. The van der Waals surface area contributed by atoms with Crippen LogP contribution in [0.25, 0.3) is 0 Å². The SMILES string of the molecule is [CH2]C(C)CCC/C=C/CC. The highest BCUT2D eigenvalue weighted by Gasteiger charge is 1.90. The predicted octanol–water partition coefficient (Wildman–Crippen LogP) is 3.59. The van der Waals surface area contributed by atoms with E-state index in [1.54, 1.807) is 0 Å². The van der Waals surface area contributed by atoms with Crippen LogP contribution in [0.5, 0.6) is 0 Å². The number of unbranched alkanes of at least 4 members (excludes halogenated alkanes) is 1. The van der Waals surface area contributed by atoms with E-state index in [0.717, 1.165) is 0 Å². The average molecular weight is 139 g/mol. The molecule has 1 radical (unpaired) electrons. The van der Waals surface area contributed by atoms with Gasteiger partial charge in [-0.05, 0) is 25.2 Å². The third-order valence-electron chi connectivity index (χ3n) is 1.47. The molecule has 0 spiro atoms. The zero-order valence-corrected chi connectivity index (χ0v) is 7.27. The molecule has 0 aromatic heterocycles. The van der Waals surface area contributed by atoms with Crippen LogP contribution < -0.4 is 0 Å². The van der Waals surface area contributed by atoms with Gasteiger partial charge in [0.15, 0.2) is 0 Å². The number of allylic oxidation sites excluding steroid dienone is 2. The Balaban J connectivity index is 2.97. The van der Waals surface area contributed by atoms with Crippen molar-refractivity contribution in [2.45, 2.75) is 39.5 Å². The lowest BCUT2D eigenvalue weighted by molar-refractivity contribution is 0.608. The van der Waals surface area contributed by atoms with E-state index in [4.69, 9.17) is 0 Å². The van der Waals surface area contributed by atoms with Crippen molar-refractivity contribution in [1.29, 1.82) is 0 Å². The highest BCUT2D eigenvalue weighted by Crippen LogP contribution is 2.05. The molecule has 0 aromatic carbocycles. The fourth-order valence-corrected chi connectivity index (χ4v) is 0.869. The van der Waals surface area contributed by atoms with E-state index >= 15 is 0 Å². The van der Waals surface area contributed by atoms with Crippen LogP contribution in [0.1, 0.15) is 39.5 Å². The highest BCUT2D eigenvalue weighted by atomic mass is 14.0. The normalized spacial score (nSPS) is 11.6. The standard InChI is InChI=1S/C10H19/c1-4-5-6-7-8-9-10(2)3/h5-6,10H,2,4,7-9H2,1,3H3/b6-5+. The smallest absolute Gasteiger partial charge is 0.0351 e. The maximum atomic E-state index is 3.93. The van der Waals surface area contributed by atoms with Gasteiger partial charge in [-0.15, -0.1) is 0 Å². The average Bonchev–Trinajstić information content (AvgIpc) is 1.87. The molecule has 0 nitrogen and oxygen atoms in total. The largest absolute Gasteiger partial charge is 0.0888 e. The van der Waals surface area contributed by atoms with Gasteiger partial charge >= 0.3 is 0 Å². The van der Waals surface area contributed by atoms with E-state index in [9.17, 15) is 0 Å². The number of hydrogen-bond acceptors (Lipinski definition) is 0. The maximum Gasteiger partial charge on any atom is -0.0351 e. The third-order valence-corrected chi connectivity index (χ3v) is 1.47. The lowest BCUT2D eigenvalue weighted by Crippen LogP contribution is -1.85. The van der Waals surface area contributed by atoms with E-state index in [1.165, 1.54) is 25.7 Å². The van der Waals surface area contributed by atoms with Gasteiger partial charge in [0.25, 0.3) is 0 Å². The second-order valence-corrected chi connectivity index (χ2v) is 2.92. The van der Waals surface area contributed by atoms with Crippen LogP contribution in [0.4, 0.5) is 0 Å². The van der Waals surface area contributed by atoms with Crippen molar-refractivity contribution in [2.75, 3.05) is 0 Å². The van der Waals surface area contributed by atoms with Crippen LogP contribution in [0, 0.1) is 12.8 Å². The molecule has 59 valence electrons. The lowest BCUT2D eigenvalue weighted by Gasteiger charge is -1.99. The predicted molar refractivity (Wildman–Crippen MR) is 47.8 cm³/mol. The van der Waals surface area contributed by atoms with Crippen LogP contribution in [-0.2, 0) is 0 Å². The second-order valence-electron chi connectivity index (χ2n) is 2.92. The summed E-state index contributed by atoms with van der Waals surface area (Å²) in [5, 5.41) is 0. The Kier molecular flexibility index (Phi) is 6.68. The molecule has 10 heavy (non-hydrogen) atoms. The van der Waals surface area contributed by atoms with Crippen LogP contribution in [0.2, 0.25) is 0 Å². The van der Waals surface area contributed by atoms with Gasteiger partial charge in [-0.2, -0.15) is 0 Å². The van der Waals surface area contributed by atoms with Crippen molar-refractivity contribution >= 4 is 0 Å². The van der Waals surface area contributed by atoms with Crippen molar-refractivity contribution < 1.29 is 0 Å². The Morgan fingerprint density at radius 1 is 1.40 bits per heavy atom.